The lowest BCUT2D eigenvalue weighted by Crippen LogP contribution is -2.50. The van der Waals surface area contributed by atoms with Crippen LogP contribution < -0.4 is 10.5 Å². The highest BCUT2D eigenvalue weighted by atomic mass is 19.2. The summed E-state index contributed by atoms with van der Waals surface area (Å²) >= 11 is 0. The van der Waals surface area contributed by atoms with Gasteiger partial charge in [-0.05, 0) is 52.4 Å². The molecule has 48 heavy (non-hydrogen) atoms. The number of pyridine rings is 1. The molecule has 0 atom stereocenters. The van der Waals surface area contributed by atoms with E-state index in [1.54, 1.807) is 6.07 Å². The van der Waals surface area contributed by atoms with Crippen LogP contribution in [0.25, 0.3) is 16.5 Å². The topological polar surface area (TPSA) is 82.8 Å². The molecule has 0 spiro atoms. The van der Waals surface area contributed by atoms with E-state index in [0.717, 1.165) is 33.2 Å². The van der Waals surface area contributed by atoms with Gasteiger partial charge in [-0.25, -0.2) is 17.6 Å². The molecule has 0 bridgehead atoms. The minimum Gasteiger partial charge on any atom is -0.507 e. The van der Waals surface area contributed by atoms with E-state index in [1.807, 2.05) is 42.5 Å². The molecule has 0 saturated carbocycles. The average molecular weight is 656 g/mol. The van der Waals surface area contributed by atoms with Crippen LogP contribution in [0.1, 0.15) is 22.3 Å². The van der Waals surface area contributed by atoms with E-state index in [-0.39, 0.29) is 30.8 Å². The van der Waals surface area contributed by atoms with Gasteiger partial charge in [-0.15, -0.1) is 0 Å². The van der Waals surface area contributed by atoms with Crippen LogP contribution in [0.2, 0.25) is 0 Å². The molecule has 4 aromatic carbocycles. The lowest BCUT2D eigenvalue weighted by Gasteiger charge is -2.36. The maximum Gasteiger partial charge on any atom is 0.294 e. The van der Waals surface area contributed by atoms with Gasteiger partial charge in [-0.1, -0.05) is 48.5 Å². The predicted octanol–water partition coefficient (Wildman–Crippen LogP) is 6.01. The van der Waals surface area contributed by atoms with E-state index < -0.39 is 58.3 Å². The third-order valence-electron chi connectivity index (χ3n) is 8.28. The Morgan fingerprint density at radius 1 is 0.792 bits per heavy atom. The zero-order valence-electron chi connectivity index (χ0n) is 25.5. The SMILES string of the molecule is O=C(C=C(O)c1cc(Cc2cc(F)cc(F)c2F)cn(Cc2cccc(F)c2)c1=O)C(=O)N1CCN(c2cccc3ccccc23)CC1. The van der Waals surface area contributed by atoms with Crippen molar-refractivity contribution >= 4 is 33.9 Å². The number of aliphatic hydroxyl groups excluding tert-OH is 1. The second-order valence-corrected chi connectivity index (χ2v) is 11.5. The number of carbonyl (C=O) groups is 2. The summed E-state index contributed by atoms with van der Waals surface area (Å²) in [6.07, 6.45) is 1.54. The Hall–Kier alpha value is -5.71. The Balaban J connectivity index is 1.24. The van der Waals surface area contributed by atoms with Gasteiger partial charge in [0, 0.05) is 62.0 Å². The number of carbonyl (C=O) groups excluding carboxylic acids is 2. The molecule has 2 heterocycles. The van der Waals surface area contributed by atoms with Crippen molar-refractivity contribution in [2.45, 2.75) is 13.0 Å². The largest absolute Gasteiger partial charge is 0.507 e. The number of amides is 1. The fourth-order valence-corrected chi connectivity index (χ4v) is 5.94. The highest BCUT2D eigenvalue weighted by Crippen LogP contribution is 2.27. The molecule has 5 aromatic rings. The summed E-state index contributed by atoms with van der Waals surface area (Å²) in [7, 11) is 0. The minimum atomic E-state index is -1.40. The van der Waals surface area contributed by atoms with Crippen LogP contribution >= 0.6 is 0 Å². The van der Waals surface area contributed by atoms with Gasteiger partial charge >= 0.3 is 0 Å². The number of aromatic nitrogens is 1. The molecule has 11 heteroatoms. The number of benzene rings is 4. The summed E-state index contributed by atoms with van der Waals surface area (Å²) in [5.74, 6) is -7.02. The summed E-state index contributed by atoms with van der Waals surface area (Å²) < 4.78 is 57.3. The van der Waals surface area contributed by atoms with E-state index in [9.17, 15) is 37.1 Å². The van der Waals surface area contributed by atoms with Crippen molar-refractivity contribution in [1.29, 1.82) is 0 Å². The quantitative estimate of drug-likeness (QED) is 0.0728. The number of ketones is 1. The Labute approximate surface area is 272 Å². The number of aliphatic hydroxyl groups is 1. The number of hydrogen-bond acceptors (Lipinski definition) is 5. The number of fused-ring (bicyclic) bond motifs is 1. The maximum absolute atomic E-state index is 14.5. The fraction of sp³-hybridized carbons (Fsp3) is 0.162. The van der Waals surface area contributed by atoms with Gasteiger partial charge in [-0.2, -0.15) is 0 Å². The first-order chi connectivity index (χ1) is 23.1. The zero-order valence-corrected chi connectivity index (χ0v) is 25.5. The van der Waals surface area contributed by atoms with Crippen LogP contribution in [0.4, 0.5) is 23.2 Å². The van der Waals surface area contributed by atoms with Crippen LogP contribution in [0.5, 0.6) is 0 Å². The number of rotatable bonds is 8. The van der Waals surface area contributed by atoms with E-state index in [2.05, 4.69) is 4.90 Å². The second kappa shape index (κ2) is 13.6. The highest BCUT2D eigenvalue weighted by molar-refractivity contribution is 6.41. The van der Waals surface area contributed by atoms with Crippen LogP contribution in [-0.4, -0.2) is 52.4 Å². The third-order valence-corrected chi connectivity index (χ3v) is 8.28. The van der Waals surface area contributed by atoms with Crippen molar-refractivity contribution < 1.29 is 32.3 Å². The average Bonchev–Trinajstić information content (AvgIpc) is 3.07. The van der Waals surface area contributed by atoms with Gasteiger partial charge in [0.1, 0.15) is 17.4 Å². The third kappa shape index (κ3) is 6.85. The molecule has 244 valence electrons. The summed E-state index contributed by atoms with van der Waals surface area (Å²) in [6, 6.07) is 21.7. The molecule has 1 amide bonds. The molecule has 1 N–H and O–H groups in total. The van der Waals surface area contributed by atoms with Crippen molar-refractivity contribution in [1.82, 2.24) is 9.47 Å². The normalized spacial score (nSPS) is 13.6. The van der Waals surface area contributed by atoms with Crippen molar-refractivity contribution in [2.24, 2.45) is 0 Å². The van der Waals surface area contributed by atoms with E-state index >= 15 is 0 Å². The Bertz CT molecular complexity index is 2130. The Kier molecular flexibility index (Phi) is 9.11. The zero-order chi connectivity index (χ0) is 33.9. The highest BCUT2D eigenvalue weighted by Gasteiger charge is 2.27. The first kappa shape index (κ1) is 32.2. The van der Waals surface area contributed by atoms with Gasteiger partial charge in [0.15, 0.2) is 11.6 Å². The van der Waals surface area contributed by atoms with Gasteiger partial charge in [0.05, 0.1) is 12.1 Å². The molecular formula is C37H29F4N3O4. The van der Waals surface area contributed by atoms with Crippen LogP contribution in [-0.2, 0) is 22.6 Å². The standard InChI is InChI=1S/C37H29F4N3O4/c38-27-8-3-5-23(16-27)21-44-22-24(15-26-18-28(39)19-31(40)35(26)41)17-30(36(44)47)33(45)20-34(46)37(48)43-13-11-42(12-14-43)32-10-4-7-25-6-1-2-9-29(25)32/h1-10,16-20,22,45H,11-15,21H2. The van der Waals surface area contributed by atoms with Crippen molar-refractivity contribution in [3.63, 3.8) is 0 Å². The van der Waals surface area contributed by atoms with E-state index in [0.29, 0.717) is 30.8 Å². The summed E-state index contributed by atoms with van der Waals surface area (Å²) in [5, 5.41) is 13.1. The van der Waals surface area contributed by atoms with Crippen LogP contribution in [0, 0.1) is 23.3 Å². The van der Waals surface area contributed by atoms with Crippen LogP contribution in [0.3, 0.4) is 0 Å². The first-order valence-electron chi connectivity index (χ1n) is 15.2. The fourth-order valence-electron chi connectivity index (χ4n) is 5.94. The Morgan fingerprint density at radius 2 is 1.52 bits per heavy atom. The predicted molar refractivity (Wildman–Crippen MR) is 174 cm³/mol. The van der Waals surface area contributed by atoms with E-state index in [1.165, 1.54) is 29.3 Å². The number of piperazine rings is 1. The molecular weight excluding hydrogens is 626 g/mol. The second-order valence-electron chi connectivity index (χ2n) is 11.5. The molecule has 6 rings (SSSR count). The Morgan fingerprint density at radius 3 is 2.29 bits per heavy atom. The van der Waals surface area contributed by atoms with Crippen molar-refractivity contribution in [3.8, 4) is 0 Å². The summed E-state index contributed by atoms with van der Waals surface area (Å²) in [6.45, 7) is 1.24. The molecule has 1 fully saturated rings. The monoisotopic (exact) mass is 655 g/mol. The molecule has 0 radical (unpaired) electrons. The van der Waals surface area contributed by atoms with E-state index in [4.69, 9.17) is 0 Å². The minimum absolute atomic E-state index is 0.146. The molecule has 0 aliphatic carbocycles. The smallest absolute Gasteiger partial charge is 0.294 e. The van der Waals surface area contributed by atoms with Gasteiger partial charge in [-0.3, -0.25) is 14.4 Å². The summed E-state index contributed by atoms with van der Waals surface area (Å²) in [4.78, 5) is 43.1. The molecule has 0 unspecified atom stereocenters. The molecule has 1 aliphatic rings. The van der Waals surface area contributed by atoms with Gasteiger partial charge in [0.25, 0.3) is 11.5 Å². The summed E-state index contributed by atoms with van der Waals surface area (Å²) in [5.41, 5.74) is -0.0328. The molecule has 1 saturated heterocycles. The van der Waals surface area contributed by atoms with Crippen LogP contribution in [0.15, 0.2) is 102 Å². The number of nitrogens with zero attached hydrogens (tertiary/aromatic N) is 3. The first-order valence-corrected chi connectivity index (χ1v) is 15.2. The lowest BCUT2D eigenvalue weighted by atomic mass is 10.0. The molecule has 1 aliphatic heterocycles. The molecule has 7 nitrogen and oxygen atoms in total. The maximum atomic E-state index is 14.5. The number of anilines is 1. The van der Waals surface area contributed by atoms with Gasteiger partial charge in [0.2, 0.25) is 5.78 Å². The van der Waals surface area contributed by atoms with Gasteiger partial charge < -0.3 is 19.5 Å². The lowest BCUT2D eigenvalue weighted by molar-refractivity contribution is -0.142. The number of hydrogen-bond donors (Lipinski definition) is 1. The van der Waals surface area contributed by atoms with Crippen molar-refractivity contribution in [2.75, 3.05) is 31.1 Å². The molecule has 1 aromatic heterocycles. The number of halogens is 4. The van der Waals surface area contributed by atoms with Crippen molar-refractivity contribution in [3.05, 3.63) is 153 Å².